The largest absolute Gasteiger partial charge is 0.399 e. The van der Waals surface area contributed by atoms with Gasteiger partial charge in [-0.05, 0) is 67.4 Å². The normalized spacial score (nSPS) is 12.1. The molecule has 0 saturated heterocycles. The summed E-state index contributed by atoms with van der Waals surface area (Å²) >= 11 is 4.98. The Morgan fingerprint density at radius 1 is 0.865 bits per heavy atom. The third kappa shape index (κ3) is 7.97. The van der Waals surface area contributed by atoms with Gasteiger partial charge in [0.25, 0.3) is 0 Å². The van der Waals surface area contributed by atoms with Crippen LogP contribution in [0.4, 0.5) is 9.05 Å². The number of sulfone groups is 1. The summed E-state index contributed by atoms with van der Waals surface area (Å²) < 4.78 is 69.5. The van der Waals surface area contributed by atoms with Gasteiger partial charge in [0.1, 0.15) is 0 Å². The summed E-state index contributed by atoms with van der Waals surface area (Å²) in [6, 6.07) is 18.3. The van der Waals surface area contributed by atoms with E-state index >= 15 is 0 Å². The topological polar surface area (TPSA) is 69.7 Å². The molecule has 0 N–H and O–H groups in total. The number of halogens is 3. The number of hydrogen-bond donors (Lipinski definition) is 0. The average molecular weight is 634 g/mol. The van der Waals surface area contributed by atoms with E-state index in [-0.39, 0.29) is 5.75 Å². The molecule has 0 fully saturated rings. The molecule has 5 nitrogen and oxygen atoms in total. The van der Waals surface area contributed by atoms with Crippen molar-refractivity contribution < 1.29 is 31.5 Å². The van der Waals surface area contributed by atoms with Gasteiger partial charge >= 0.3 is 7.60 Å². The molecule has 0 amide bonds. The number of hydrogen-bond acceptors (Lipinski definition) is 6. The Morgan fingerprint density at radius 2 is 1.49 bits per heavy atom. The minimum Gasteiger partial charge on any atom is -0.254 e. The van der Waals surface area contributed by atoms with Crippen molar-refractivity contribution in [3.8, 4) is 0 Å². The second kappa shape index (κ2) is 13.5. The Hall–Kier alpha value is -1.55. The Kier molecular flexibility index (Phi) is 10.9. The molecule has 0 aromatic heterocycles. The molecular formula is C26H28BrF2O5PS2. The van der Waals surface area contributed by atoms with Crippen molar-refractivity contribution in [2.45, 2.75) is 55.0 Å². The fraction of sp³-hybridized carbons (Fsp3) is 0.308. The van der Waals surface area contributed by atoms with Gasteiger partial charge in [0.15, 0.2) is 9.84 Å². The van der Waals surface area contributed by atoms with Gasteiger partial charge in [-0.15, -0.1) is 9.46 Å². The van der Waals surface area contributed by atoms with Crippen LogP contribution >= 0.6 is 35.3 Å². The van der Waals surface area contributed by atoms with Crippen LogP contribution in [0.1, 0.15) is 47.2 Å². The standard InChI is InChI=1S/C26H28BrF2O5PS2/c1-3-22-6-5-7-26(24(22)4-2)37(31,32)18-20-10-8-19(9-11-20)16-36-17-21-12-13-23(25(27)14-21)15-35(30,33-28)34-29/h5-14H,3-4,15-18H2,1-2H3. The maximum absolute atomic E-state index is 13.2. The van der Waals surface area contributed by atoms with Gasteiger partial charge in [-0.25, -0.2) is 8.42 Å². The van der Waals surface area contributed by atoms with Gasteiger partial charge in [-0.3, -0.25) is 4.57 Å². The summed E-state index contributed by atoms with van der Waals surface area (Å²) in [6.45, 7) is 4.01. The second-order valence-electron chi connectivity index (χ2n) is 8.50. The Balaban J connectivity index is 1.59. The van der Waals surface area contributed by atoms with Crippen LogP contribution in [0.15, 0.2) is 70.0 Å². The summed E-state index contributed by atoms with van der Waals surface area (Å²) in [5.41, 5.74) is 5.12. The molecule has 0 unspecified atom stereocenters. The maximum atomic E-state index is 13.2. The van der Waals surface area contributed by atoms with Crippen LogP contribution < -0.4 is 0 Å². The second-order valence-corrected chi connectivity index (χ2v) is 14.1. The predicted octanol–water partition coefficient (Wildman–Crippen LogP) is 8.48. The third-order valence-electron chi connectivity index (χ3n) is 5.91. The number of thioether (sulfide) groups is 1. The van der Waals surface area contributed by atoms with Gasteiger partial charge in [0.05, 0.1) is 16.8 Å². The lowest BCUT2D eigenvalue weighted by Crippen LogP contribution is -2.09. The van der Waals surface area contributed by atoms with Crippen molar-refractivity contribution in [3.63, 3.8) is 0 Å². The minimum atomic E-state index is -4.46. The summed E-state index contributed by atoms with van der Waals surface area (Å²) in [5, 5.41) is 0. The quantitative estimate of drug-likeness (QED) is 0.176. The van der Waals surface area contributed by atoms with Crippen molar-refractivity contribution in [2.75, 3.05) is 0 Å². The van der Waals surface area contributed by atoms with E-state index in [1.54, 1.807) is 36.0 Å². The highest BCUT2D eigenvalue weighted by molar-refractivity contribution is 9.10. The van der Waals surface area contributed by atoms with Crippen LogP contribution in [0.25, 0.3) is 0 Å². The van der Waals surface area contributed by atoms with E-state index in [4.69, 9.17) is 0 Å². The van der Waals surface area contributed by atoms with E-state index in [0.29, 0.717) is 32.9 Å². The molecule has 0 radical (unpaired) electrons. The monoisotopic (exact) mass is 632 g/mol. The van der Waals surface area contributed by atoms with E-state index in [2.05, 4.69) is 25.4 Å². The van der Waals surface area contributed by atoms with Gasteiger partial charge in [0.2, 0.25) is 0 Å². The Bertz CT molecular complexity index is 1360. The first-order chi connectivity index (χ1) is 17.6. The molecule has 3 aromatic rings. The van der Waals surface area contributed by atoms with Crippen LogP contribution in [-0.2, 0) is 60.1 Å². The third-order valence-corrected chi connectivity index (χ3v) is 10.6. The van der Waals surface area contributed by atoms with E-state index in [0.717, 1.165) is 34.2 Å². The molecule has 0 spiro atoms. The van der Waals surface area contributed by atoms with Crippen molar-refractivity contribution >= 4 is 45.1 Å². The van der Waals surface area contributed by atoms with Crippen molar-refractivity contribution in [1.29, 1.82) is 0 Å². The lowest BCUT2D eigenvalue weighted by Gasteiger charge is -2.13. The molecule has 3 aromatic carbocycles. The van der Waals surface area contributed by atoms with E-state index in [1.807, 2.05) is 50.2 Å². The Labute approximate surface area is 229 Å². The van der Waals surface area contributed by atoms with Gasteiger partial charge in [-0.1, -0.05) is 78.3 Å². The van der Waals surface area contributed by atoms with Crippen molar-refractivity contribution in [3.05, 3.63) is 98.5 Å². The number of rotatable bonds is 13. The fourth-order valence-corrected chi connectivity index (χ4v) is 8.29. The molecule has 0 aliphatic rings. The fourth-order valence-electron chi connectivity index (χ4n) is 4.03. The molecule has 0 heterocycles. The van der Waals surface area contributed by atoms with Gasteiger partial charge < -0.3 is 0 Å². The summed E-state index contributed by atoms with van der Waals surface area (Å²) in [5.74, 6) is 1.33. The molecule has 0 saturated carbocycles. The SMILES string of the molecule is CCc1cccc(S(=O)(=O)Cc2ccc(CSCc3ccc(CP(=O)(OF)OF)c(Br)c3)cc2)c1CC. The summed E-state index contributed by atoms with van der Waals surface area (Å²) in [7, 11) is -7.92. The molecule has 0 aliphatic heterocycles. The first kappa shape index (κ1) is 30.0. The minimum absolute atomic E-state index is 0.0468. The lowest BCUT2D eigenvalue weighted by molar-refractivity contribution is -0.0881. The molecule has 0 aliphatic carbocycles. The maximum Gasteiger partial charge on any atom is 0.399 e. The summed E-state index contributed by atoms with van der Waals surface area (Å²) in [6.07, 6.45) is 0.928. The highest BCUT2D eigenvalue weighted by atomic mass is 79.9. The first-order valence-corrected chi connectivity index (χ1v) is 16.9. The van der Waals surface area contributed by atoms with E-state index in [1.165, 1.54) is 0 Å². The zero-order valence-corrected chi connectivity index (χ0v) is 24.6. The zero-order valence-electron chi connectivity index (χ0n) is 20.5. The highest BCUT2D eigenvalue weighted by Crippen LogP contribution is 2.53. The average Bonchev–Trinajstić information content (AvgIpc) is 2.90. The molecule has 11 heteroatoms. The smallest absolute Gasteiger partial charge is 0.254 e. The molecule has 0 bridgehead atoms. The van der Waals surface area contributed by atoms with Crippen molar-refractivity contribution in [1.82, 2.24) is 0 Å². The first-order valence-electron chi connectivity index (χ1n) is 11.6. The van der Waals surface area contributed by atoms with Crippen LogP contribution in [0, 0.1) is 0 Å². The van der Waals surface area contributed by atoms with Crippen LogP contribution in [0.2, 0.25) is 0 Å². The Morgan fingerprint density at radius 3 is 2.08 bits per heavy atom. The predicted molar refractivity (Wildman–Crippen MR) is 147 cm³/mol. The van der Waals surface area contributed by atoms with Crippen LogP contribution in [0.5, 0.6) is 0 Å². The lowest BCUT2D eigenvalue weighted by atomic mass is 10.0. The van der Waals surface area contributed by atoms with Gasteiger partial charge in [0, 0.05) is 16.0 Å². The molecule has 37 heavy (non-hydrogen) atoms. The molecule has 200 valence electrons. The molecule has 3 rings (SSSR count). The van der Waals surface area contributed by atoms with Crippen molar-refractivity contribution in [2.24, 2.45) is 0 Å². The van der Waals surface area contributed by atoms with Gasteiger partial charge in [-0.2, -0.15) is 11.8 Å². The summed E-state index contributed by atoms with van der Waals surface area (Å²) in [4.78, 5) is 0.420. The number of benzene rings is 3. The van der Waals surface area contributed by atoms with E-state index < -0.39 is 23.6 Å². The molecular weight excluding hydrogens is 605 g/mol. The zero-order chi connectivity index (χ0) is 27.1. The van der Waals surface area contributed by atoms with Crippen LogP contribution in [-0.4, -0.2) is 8.42 Å². The van der Waals surface area contributed by atoms with E-state index in [9.17, 15) is 22.0 Å². The number of aryl methyl sites for hydroxylation is 1. The van der Waals surface area contributed by atoms with Crippen LogP contribution in [0.3, 0.4) is 0 Å². The molecule has 0 atom stereocenters. The highest BCUT2D eigenvalue weighted by Gasteiger charge is 2.29.